The molecule has 1 aliphatic carbocycles. The number of rotatable bonds is 3. The van der Waals surface area contributed by atoms with Gasteiger partial charge in [0.15, 0.2) is 6.29 Å². The number of hydroxylamine groups is 1. The molecule has 0 bridgehead atoms. The van der Waals surface area contributed by atoms with Crippen molar-refractivity contribution in [3.63, 3.8) is 0 Å². The number of hydrogen-bond acceptors (Lipinski definition) is 3. The minimum Gasteiger partial charge on any atom is -0.351 e. The molecule has 2 rings (SSSR count). The summed E-state index contributed by atoms with van der Waals surface area (Å²) in [7, 11) is 0. The van der Waals surface area contributed by atoms with E-state index in [1.165, 1.54) is 44.9 Å². The van der Waals surface area contributed by atoms with Gasteiger partial charge in [-0.2, -0.15) is 5.48 Å². The SMILES string of the molecule is C1CCC(NOC2CCCCO2)CC1. The average molecular weight is 199 g/mol. The van der Waals surface area contributed by atoms with Crippen LogP contribution in [0.25, 0.3) is 0 Å². The molecule has 0 aromatic carbocycles. The third-order valence-electron chi connectivity index (χ3n) is 3.11. The van der Waals surface area contributed by atoms with Crippen LogP contribution in [0.4, 0.5) is 0 Å². The van der Waals surface area contributed by atoms with Gasteiger partial charge >= 0.3 is 0 Å². The topological polar surface area (TPSA) is 30.5 Å². The second-order valence-electron chi connectivity index (χ2n) is 4.37. The van der Waals surface area contributed by atoms with E-state index in [0.29, 0.717) is 6.04 Å². The smallest absolute Gasteiger partial charge is 0.177 e. The fraction of sp³-hybridized carbons (Fsp3) is 1.00. The van der Waals surface area contributed by atoms with E-state index in [2.05, 4.69) is 5.48 Å². The summed E-state index contributed by atoms with van der Waals surface area (Å²) >= 11 is 0. The van der Waals surface area contributed by atoms with Crippen LogP contribution in [0.3, 0.4) is 0 Å². The van der Waals surface area contributed by atoms with E-state index >= 15 is 0 Å². The number of hydrogen-bond donors (Lipinski definition) is 1. The predicted octanol–water partition coefficient (Wildman–Crippen LogP) is 2.37. The van der Waals surface area contributed by atoms with Crippen LogP contribution >= 0.6 is 0 Å². The lowest BCUT2D eigenvalue weighted by Gasteiger charge is -2.27. The zero-order valence-corrected chi connectivity index (χ0v) is 8.84. The first-order chi connectivity index (χ1) is 6.95. The molecule has 2 aliphatic rings. The van der Waals surface area contributed by atoms with Crippen molar-refractivity contribution >= 4 is 0 Å². The fourth-order valence-electron chi connectivity index (χ4n) is 2.20. The van der Waals surface area contributed by atoms with E-state index in [-0.39, 0.29) is 6.29 Å². The summed E-state index contributed by atoms with van der Waals surface area (Å²) in [6.45, 7) is 0.858. The van der Waals surface area contributed by atoms with Crippen molar-refractivity contribution in [3.05, 3.63) is 0 Å². The second kappa shape index (κ2) is 5.69. The van der Waals surface area contributed by atoms with Gasteiger partial charge in [-0.3, -0.25) is 4.84 Å². The van der Waals surface area contributed by atoms with Crippen LogP contribution in [0.2, 0.25) is 0 Å². The van der Waals surface area contributed by atoms with Crippen LogP contribution in [0.15, 0.2) is 0 Å². The fourth-order valence-corrected chi connectivity index (χ4v) is 2.20. The van der Waals surface area contributed by atoms with Gasteiger partial charge in [0, 0.05) is 19.1 Å². The molecule has 1 saturated heterocycles. The first-order valence-electron chi connectivity index (χ1n) is 5.98. The molecule has 0 radical (unpaired) electrons. The van der Waals surface area contributed by atoms with Gasteiger partial charge in [0.25, 0.3) is 0 Å². The van der Waals surface area contributed by atoms with Crippen LogP contribution in [-0.4, -0.2) is 18.9 Å². The Labute approximate surface area is 86.1 Å². The average Bonchev–Trinajstić information content (AvgIpc) is 2.29. The van der Waals surface area contributed by atoms with E-state index < -0.39 is 0 Å². The monoisotopic (exact) mass is 199 g/mol. The minimum absolute atomic E-state index is 0.00526. The highest BCUT2D eigenvalue weighted by atomic mass is 16.8. The van der Waals surface area contributed by atoms with Gasteiger partial charge in [-0.05, 0) is 25.7 Å². The molecule has 1 unspecified atom stereocenters. The molecule has 1 N–H and O–H groups in total. The van der Waals surface area contributed by atoms with Gasteiger partial charge in [-0.1, -0.05) is 19.3 Å². The van der Waals surface area contributed by atoms with Crippen LogP contribution in [-0.2, 0) is 9.57 Å². The summed E-state index contributed by atoms with van der Waals surface area (Å²) in [5.41, 5.74) is 3.17. The quantitative estimate of drug-likeness (QED) is 0.708. The van der Waals surface area contributed by atoms with Crippen LogP contribution < -0.4 is 5.48 Å². The lowest BCUT2D eigenvalue weighted by atomic mass is 9.96. The second-order valence-corrected chi connectivity index (χ2v) is 4.37. The highest BCUT2D eigenvalue weighted by molar-refractivity contribution is 4.68. The summed E-state index contributed by atoms with van der Waals surface area (Å²) in [4.78, 5) is 5.55. The van der Waals surface area contributed by atoms with Gasteiger partial charge in [-0.25, -0.2) is 0 Å². The highest BCUT2D eigenvalue weighted by Gasteiger charge is 2.18. The molecule has 3 heteroatoms. The molecule has 0 spiro atoms. The molecule has 2 fully saturated rings. The van der Waals surface area contributed by atoms with Crippen LogP contribution in [0, 0.1) is 0 Å². The Hall–Kier alpha value is -0.120. The third kappa shape index (κ3) is 3.23. The van der Waals surface area contributed by atoms with E-state index in [9.17, 15) is 0 Å². The zero-order chi connectivity index (χ0) is 9.64. The van der Waals surface area contributed by atoms with Gasteiger partial charge < -0.3 is 4.74 Å². The summed E-state index contributed by atoms with van der Waals surface area (Å²) in [6, 6.07) is 0.564. The highest BCUT2D eigenvalue weighted by Crippen LogP contribution is 2.18. The molecule has 1 heterocycles. The van der Waals surface area contributed by atoms with Gasteiger partial charge in [0.1, 0.15) is 0 Å². The van der Waals surface area contributed by atoms with E-state index in [1.807, 2.05) is 0 Å². The Balaban J connectivity index is 1.60. The summed E-state index contributed by atoms with van der Waals surface area (Å²) in [5.74, 6) is 0. The zero-order valence-electron chi connectivity index (χ0n) is 8.84. The van der Waals surface area contributed by atoms with Crippen molar-refractivity contribution in [2.45, 2.75) is 63.7 Å². The Morgan fingerprint density at radius 2 is 1.71 bits per heavy atom. The summed E-state index contributed by atoms with van der Waals surface area (Å²) < 4.78 is 5.48. The van der Waals surface area contributed by atoms with E-state index in [4.69, 9.17) is 9.57 Å². The third-order valence-corrected chi connectivity index (χ3v) is 3.11. The van der Waals surface area contributed by atoms with Gasteiger partial charge in [0.05, 0.1) is 0 Å². The Bertz CT molecular complexity index is 133. The van der Waals surface area contributed by atoms with Crippen molar-refractivity contribution < 1.29 is 9.57 Å². The molecule has 14 heavy (non-hydrogen) atoms. The maximum atomic E-state index is 5.55. The van der Waals surface area contributed by atoms with Crippen LogP contribution in [0.1, 0.15) is 51.4 Å². The van der Waals surface area contributed by atoms with Crippen LogP contribution in [0.5, 0.6) is 0 Å². The normalized spacial score (nSPS) is 30.4. The Kier molecular flexibility index (Phi) is 4.22. The lowest BCUT2D eigenvalue weighted by Crippen LogP contribution is -2.36. The molecule has 0 aromatic rings. The molecule has 1 aliphatic heterocycles. The van der Waals surface area contributed by atoms with Crippen molar-refractivity contribution in [2.75, 3.05) is 6.61 Å². The molecular weight excluding hydrogens is 178 g/mol. The number of ether oxygens (including phenoxy) is 1. The first kappa shape index (κ1) is 10.4. The van der Waals surface area contributed by atoms with Crippen molar-refractivity contribution in [1.29, 1.82) is 0 Å². The minimum atomic E-state index is 0.00526. The number of nitrogens with one attached hydrogen (secondary N) is 1. The van der Waals surface area contributed by atoms with Crippen molar-refractivity contribution in [3.8, 4) is 0 Å². The van der Waals surface area contributed by atoms with Crippen molar-refractivity contribution in [2.24, 2.45) is 0 Å². The molecule has 0 amide bonds. The summed E-state index contributed by atoms with van der Waals surface area (Å²) in [6.07, 6.45) is 10.0. The summed E-state index contributed by atoms with van der Waals surface area (Å²) in [5, 5.41) is 0. The molecule has 1 atom stereocenters. The largest absolute Gasteiger partial charge is 0.351 e. The van der Waals surface area contributed by atoms with E-state index in [1.54, 1.807) is 0 Å². The lowest BCUT2D eigenvalue weighted by molar-refractivity contribution is -0.205. The predicted molar refractivity (Wildman–Crippen MR) is 54.7 cm³/mol. The molecule has 1 saturated carbocycles. The first-order valence-corrected chi connectivity index (χ1v) is 5.98. The van der Waals surface area contributed by atoms with E-state index in [0.717, 1.165) is 13.0 Å². The Morgan fingerprint density at radius 1 is 0.929 bits per heavy atom. The maximum Gasteiger partial charge on any atom is 0.177 e. The maximum absolute atomic E-state index is 5.55. The Morgan fingerprint density at radius 3 is 2.43 bits per heavy atom. The van der Waals surface area contributed by atoms with Gasteiger partial charge in [-0.15, -0.1) is 0 Å². The molecular formula is C11H21NO2. The molecule has 3 nitrogen and oxygen atoms in total. The molecule has 82 valence electrons. The molecule has 0 aromatic heterocycles. The standard InChI is InChI=1S/C11H21NO2/c1-2-6-10(7-3-1)12-14-11-8-4-5-9-13-11/h10-12H,1-9H2. The van der Waals surface area contributed by atoms with Gasteiger partial charge in [0.2, 0.25) is 0 Å². The van der Waals surface area contributed by atoms with Crippen molar-refractivity contribution in [1.82, 2.24) is 5.48 Å².